The summed E-state index contributed by atoms with van der Waals surface area (Å²) >= 11 is 0. The normalized spacial score (nSPS) is 22.3. The fourth-order valence-electron chi connectivity index (χ4n) is 3.90. The lowest BCUT2D eigenvalue weighted by atomic mass is 9.95. The molecule has 2 saturated heterocycles. The molecular formula is C19H24F3N3O2. The summed E-state index contributed by atoms with van der Waals surface area (Å²) in [6.45, 7) is 2.63. The average Bonchev–Trinajstić information content (AvgIpc) is 3.06. The van der Waals surface area contributed by atoms with E-state index >= 15 is 0 Å². The van der Waals surface area contributed by atoms with Crippen molar-refractivity contribution in [2.75, 3.05) is 18.0 Å². The molecule has 8 heteroatoms. The van der Waals surface area contributed by atoms with E-state index in [2.05, 4.69) is 0 Å². The molecule has 27 heavy (non-hydrogen) atoms. The van der Waals surface area contributed by atoms with E-state index in [0.717, 1.165) is 31.4 Å². The Morgan fingerprint density at radius 3 is 2.52 bits per heavy atom. The second-order valence-corrected chi connectivity index (χ2v) is 7.34. The lowest BCUT2D eigenvalue weighted by molar-refractivity contribution is -0.137. The Balaban J connectivity index is 2.00. The standard InChI is InChI=1S/C19H24F3N3O2/c1-12(23)16-5-2-3-7-25(16)18(27)13-9-14(19(20,21)22)11-15(10-13)24-8-4-6-17(24)26/h9-12,16H,2-8,23H2,1H3. The van der Waals surface area contributed by atoms with Crippen LogP contribution in [0, 0.1) is 0 Å². The molecular weight excluding hydrogens is 359 g/mol. The van der Waals surface area contributed by atoms with Crippen LogP contribution in [0.25, 0.3) is 0 Å². The third kappa shape index (κ3) is 4.10. The Morgan fingerprint density at radius 2 is 1.93 bits per heavy atom. The maximum atomic E-state index is 13.4. The number of likely N-dealkylation sites (tertiary alicyclic amines) is 1. The minimum atomic E-state index is -4.60. The van der Waals surface area contributed by atoms with Gasteiger partial charge in [0.05, 0.1) is 5.56 Å². The molecule has 2 atom stereocenters. The number of anilines is 1. The average molecular weight is 383 g/mol. The Hall–Kier alpha value is -2.09. The number of nitrogens with zero attached hydrogens (tertiary/aromatic N) is 2. The highest BCUT2D eigenvalue weighted by Gasteiger charge is 2.35. The van der Waals surface area contributed by atoms with Gasteiger partial charge in [0.15, 0.2) is 0 Å². The molecule has 0 saturated carbocycles. The summed E-state index contributed by atoms with van der Waals surface area (Å²) in [6.07, 6.45) is -1.23. The van der Waals surface area contributed by atoms with Gasteiger partial charge in [-0.1, -0.05) is 0 Å². The molecule has 1 aromatic carbocycles. The van der Waals surface area contributed by atoms with E-state index in [0.29, 0.717) is 25.9 Å². The Labute approximate surface area is 156 Å². The highest BCUT2D eigenvalue weighted by molar-refractivity contribution is 5.99. The highest BCUT2D eigenvalue weighted by atomic mass is 19.4. The fraction of sp³-hybridized carbons (Fsp3) is 0.579. The predicted octanol–water partition coefficient (Wildman–Crippen LogP) is 3.17. The topological polar surface area (TPSA) is 66.6 Å². The molecule has 0 aromatic heterocycles. The zero-order valence-corrected chi connectivity index (χ0v) is 15.3. The third-order valence-corrected chi connectivity index (χ3v) is 5.29. The second kappa shape index (κ2) is 7.50. The molecule has 2 fully saturated rings. The van der Waals surface area contributed by atoms with Crippen LogP contribution >= 0.6 is 0 Å². The van der Waals surface area contributed by atoms with Gasteiger partial charge in [-0.25, -0.2) is 0 Å². The maximum Gasteiger partial charge on any atom is 0.416 e. The third-order valence-electron chi connectivity index (χ3n) is 5.29. The molecule has 2 aliphatic rings. The van der Waals surface area contributed by atoms with Crippen molar-refractivity contribution >= 4 is 17.5 Å². The second-order valence-electron chi connectivity index (χ2n) is 7.34. The van der Waals surface area contributed by atoms with Crippen molar-refractivity contribution in [3.8, 4) is 0 Å². The first kappa shape index (κ1) is 19.7. The quantitative estimate of drug-likeness (QED) is 0.872. The van der Waals surface area contributed by atoms with Crippen LogP contribution in [0.1, 0.15) is 54.9 Å². The zero-order chi connectivity index (χ0) is 19.8. The van der Waals surface area contributed by atoms with Gasteiger partial charge in [-0.05, 0) is 50.8 Å². The lowest BCUT2D eigenvalue weighted by Gasteiger charge is -2.38. The number of hydrogen-bond donors (Lipinski definition) is 1. The van der Waals surface area contributed by atoms with Crippen LogP contribution in [-0.2, 0) is 11.0 Å². The van der Waals surface area contributed by atoms with Crippen molar-refractivity contribution in [1.29, 1.82) is 0 Å². The van der Waals surface area contributed by atoms with Crippen molar-refractivity contribution in [3.05, 3.63) is 29.3 Å². The van der Waals surface area contributed by atoms with E-state index in [-0.39, 0.29) is 29.2 Å². The SMILES string of the molecule is CC(N)C1CCCCN1C(=O)c1cc(N2CCCC2=O)cc(C(F)(F)F)c1. The molecule has 148 valence electrons. The molecule has 5 nitrogen and oxygen atoms in total. The van der Waals surface area contributed by atoms with Crippen LogP contribution in [0.4, 0.5) is 18.9 Å². The Bertz CT molecular complexity index is 733. The lowest BCUT2D eigenvalue weighted by Crippen LogP contribution is -2.51. The molecule has 0 spiro atoms. The molecule has 2 N–H and O–H groups in total. The molecule has 0 aliphatic carbocycles. The van der Waals surface area contributed by atoms with E-state index in [1.54, 1.807) is 11.8 Å². The van der Waals surface area contributed by atoms with Crippen molar-refractivity contribution in [3.63, 3.8) is 0 Å². The van der Waals surface area contributed by atoms with Crippen LogP contribution in [0.15, 0.2) is 18.2 Å². The number of amides is 2. The molecule has 2 aliphatic heterocycles. The number of alkyl halides is 3. The van der Waals surface area contributed by atoms with E-state index in [4.69, 9.17) is 5.73 Å². The molecule has 0 radical (unpaired) electrons. The number of carbonyl (C=O) groups excluding carboxylic acids is 2. The number of benzene rings is 1. The molecule has 2 unspecified atom stereocenters. The van der Waals surface area contributed by atoms with E-state index in [1.165, 1.54) is 11.0 Å². The summed E-state index contributed by atoms with van der Waals surface area (Å²) in [5, 5.41) is 0. The first-order valence-corrected chi connectivity index (χ1v) is 9.27. The van der Waals surface area contributed by atoms with E-state index in [1.807, 2.05) is 0 Å². The summed E-state index contributed by atoms with van der Waals surface area (Å²) in [6, 6.07) is 2.75. The van der Waals surface area contributed by atoms with Gasteiger partial charge in [0.25, 0.3) is 5.91 Å². The number of nitrogens with two attached hydrogens (primary N) is 1. The van der Waals surface area contributed by atoms with Gasteiger partial charge in [0.1, 0.15) is 0 Å². The van der Waals surface area contributed by atoms with Crippen LogP contribution in [-0.4, -0.2) is 41.9 Å². The van der Waals surface area contributed by atoms with E-state index in [9.17, 15) is 22.8 Å². The maximum absolute atomic E-state index is 13.4. The Morgan fingerprint density at radius 1 is 1.19 bits per heavy atom. The van der Waals surface area contributed by atoms with Crippen LogP contribution in [0.2, 0.25) is 0 Å². The number of piperidine rings is 1. The van der Waals surface area contributed by atoms with Gasteiger partial charge in [0, 0.05) is 42.8 Å². The first-order chi connectivity index (χ1) is 12.7. The van der Waals surface area contributed by atoms with Crippen molar-refractivity contribution in [1.82, 2.24) is 4.90 Å². The van der Waals surface area contributed by atoms with Gasteiger partial charge >= 0.3 is 6.18 Å². The smallest absolute Gasteiger partial charge is 0.334 e. The van der Waals surface area contributed by atoms with Crippen molar-refractivity contribution < 1.29 is 22.8 Å². The molecule has 2 heterocycles. The van der Waals surface area contributed by atoms with Crippen LogP contribution in [0.3, 0.4) is 0 Å². The minimum Gasteiger partial charge on any atom is -0.334 e. The molecule has 0 bridgehead atoms. The van der Waals surface area contributed by atoms with Crippen LogP contribution < -0.4 is 10.6 Å². The van der Waals surface area contributed by atoms with Crippen molar-refractivity contribution in [2.24, 2.45) is 5.73 Å². The van der Waals surface area contributed by atoms with E-state index < -0.39 is 17.6 Å². The number of hydrogen-bond acceptors (Lipinski definition) is 3. The first-order valence-electron chi connectivity index (χ1n) is 9.27. The van der Waals surface area contributed by atoms with Gasteiger partial charge in [0.2, 0.25) is 5.91 Å². The molecule has 3 rings (SSSR count). The highest BCUT2D eigenvalue weighted by Crippen LogP contribution is 2.35. The fourth-order valence-corrected chi connectivity index (χ4v) is 3.90. The Kier molecular flexibility index (Phi) is 5.46. The minimum absolute atomic E-state index is 0.0490. The van der Waals surface area contributed by atoms with Gasteiger partial charge in [-0.15, -0.1) is 0 Å². The largest absolute Gasteiger partial charge is 0.416 e. The molecule has 1 aromatic rings. The van der Waals surface area contributed by atoms with Gasteiger partial charge in [-0.2, -0.15) is 13.2 Å². The number of carbonyl (C=O) groups is 2. The van der Waals surface area contributed by atoms with Gasteiger partial charge < -0.3 is 15.5 Å². The summed E-state index contributed by atoms with van der Waals surface area (Å²) in [7, 11) is 0. The van der Waals surface area contributed by atoms with Crippen molar-refractivity contribution in [2.45, 2.75) is 57.3 Å². The monoisotopic (exact) mass is 383 g/mol. The summed E-state index contributed by atoms with van der Waals surface area (Å²) in [5.41, 5.74) is 5.16. The van der Waals surface area contributed by atoms with Crippen LogP contribution in [0.5, 0.6) is 0 Å². The molecule has 2 amide bonds. The number of halogens is 3. The summed E-state index contributed by atoms with van der Waals surface area (Å²) < 4.78 is 40.2. The summed E-state index contributed by atoms with van der Waals surface area (Å²) in [5.74, 6) is -0.685. The zero-order valence-electron chi connectivity index (χ0n) is 15.3. The van der Waals surface area contributed by atoms with Gasteiger partial charge in [-0.3, -0.25) is 9.59 Å². The number of rotatable bonds is 3. The predicted molar refractivity (Wildman–Crippen MR) is 95.4 cm³/mol. The summed E-state index contributed by atoms with van der Waals surface area (Å²) in [4.78, 5) is 27.9.